The molecule has 2 heterocycles. The van der Waals surface area contributed by atoms with Crippen LogP contribution in [-0.4, -0.2) is 73.8 Å². The molecule has 0 aliphatic carbocycles. The van der Waals surface area contributed by atoms with Crippen LogP contribution in [0, 0.1) is 11.8 Å². The van der Waals surface area contributed by atoms with Gasteiger partial charge >= 0.3 is 5.97 Å². The molecule has 12 nitrogen and oxygen atoms in total. The number of fused-ring (bicyclic) bond motifs is 7. The number of ether oxygens (including phenoxy) is 1. The highest BCUT2D eigenvalue weighted by Crippen LogP contribution is 2.17. The number of rotatable bonds is 2. The quantitative estimate of drug-likeness (QED) is 0.147. The molecule has 218 valence electrons. The maximum absolute atomic E-state index is 13.2. The van der Waals surface area contributed by atoms with Crippen molar-refractivity contribution in [3.8, 4) is 0 Å². The minimum Gasteiger partial charge on any atom is -0.456 e. The van der Waals surface area contributed by atoms with E-state index in [1.54, 1.807) is 33.8 Å². The molecule has 0 radical (unpaired) electrons. The number of amides is 4. The summed E-state index contributed by atoms with van der Waals surface area (Å²) < 4.78 is 31.0. The summed E-state index contributed by atoms with van der Waals surface area (Å²) in [6.45, 7) is 8.27. The van der Waals surface area contributed by atoms with Crippen molar-refractivity contribution in [3.63, 3.8) is 0 Å². The molecule has 0 saturated carbocycles. The highest BCUT2D eigenvalue weighted by molar-refractivity contribution is 8.97. The Morgan fingerprint density at radius 2 is 1.64 bits per heavy atom. The van der Waals surface area contributed by atoms with Gasteiger partial charge in [0, 0.05) is 5.75 Å². The molecule has 2 unspecified atom stereocenters. The van der Waals surface area contributed by atoms with E-state index in [-0.39, 0.29) is 12.1 Å². The van der Waals surface area contributed by atoms with Gasteiger partial charge in [-0.2, -0.15) is 0 Å². The average Bonchev–Trinajstić information content (AvgIpc) is 2.85. The molecule has 2 aliphatic heterocycles. The number of hydrogen-bond acceptors (Lipinski definition) is 9. The Morgan fingerprint density at radius 1 is 0.974 bits per heavy atom. The second kappa shape index (κ2) is 15.3. The Hall–Kier alpha value is -2.52. The number of allylic oxidation sites excluding steroid dienone is 2. The summed E-state index contributed by atoms with van der Waals surface area (Å²) in [5.41, 5.74) is -0.211. The van der Waals surface area contributed by atoms with Gasteiger partial charge in [-0.05, 0) is 42.1 Å². The molecule has 4 N–H and O–H groups in total. The molecular weight excluding hydrogens is 568 g/mol. The lowest BCUT2D eigenvalue weighted by Gasteiger charge is -2.28. The van der Waals surface area contributed by atoms with E-state index in [4.69, 9.17) is 4.74 Å². The maximum Gasteiger partial charge on any atom is 0.329 e. The van der Waals surface area contributed by atoms with Crippen LogP contribution in [0.5, 0.6) is 0 Å². The summed E-state index contributed by atoms with van der Waals surface area (Å²) in [4.78, 5) is 65.5. The van der Waals surface area contributed by atoms with Gasteiger partial charge in [-0.25, -0.2) is 13.2 Å². The number of carbonyl (C=O) groups excluding carboxylic acids is 5. The van der Waals surface area contributed by atoms with Crippen LogP contribution in [-0.2, 0) is 47.4 Å². The monoisotopic (exact) mass is 604 g/mol. The molecule has 2 aliphatic rings. The molecule has 6 atom stereocenters. The molecule has 2 bridgehead atoms. The van der Waals surface area contributed by atoms with Gasteiger partial charge in [-0.3, -0.25) is 19.2 Å². The second-order valence-electron chi connectivity index (χ2n) is 9.63. The van der Waals surface area contributed by atoms with Crippen LogP contribution in [0.25, 0.3) is 0 Å². The van der Waals surface area contributed by atoms with Crippen LogP contribution < -0.4 is 21.3 Å². The molecule has 39 heavy (non-hydrogen) atoms. The summed E-state index contributed by atoms with van der Waals surface area (Å²) in [7, 11) is -3.03. The summed E-state index contributed by atoms with van der Waals surface area (Å²) in [5.74, 6) is -4.76. The lowest BCUT2D eigenvalue weighted by atomic mass is 10.0. The van der Waals surface area contributed by atoms with Crippen molar-refractivity contribution >= 4 is 59.1 Å². The van der Waals surface area contributed by atoms with Crippen LogP contribution in [0.1, 0.15) is 47.5 Å². The van der Waals surface area contributed by atoms with E-state index in [0.717, 1.165) is 10.8 Å². The van der Waals surface area contributed by atoms with Crippen molar-refractivity contribution in [2.45, 2.75) is 71.7 Å². The predicted molar refractivity (Wildman–Crippen MR) is 149 cm³/mol. The number of hydrogen-bond donors (Lipinski definition) is 4. The summed E-state index contributed by atoms with van der Waals surface area (Å²) in [6.07, 6.45) is 3.52. The average molecular weight is 605 g/mol. The molecule has 0 aromatic rings. The van der Waals surface area contributed by atoms with Gasteiger partial charge < -0.3 is 26.0 Å². The molecule has 4 amide bonds. The van der Waals surface area contributed by atoms with Crippen LogP contribution in [0.3, 0.4) is 0 Å². The van der Waals surface area contributed by atoms with Gasteiger partial charge in [0.05, 0.1) is 12.2 Å². The number of esters is 1. The SMILES string of the molecule is C/C=C1\NC(=O)[C@H]2CS(=O)S(=O)SCC/C=C/[C@H](CC(=O)N[C@H](C(C)C)C(=O)N2)OC(=O)[C@H](C(C)C)NC1=O. The molecule has 0 aromatic carbocycles. The summed E-state index contributed by atoms with van der Waals surface area (Å²) in [5, 5.41) is 10.1. The van der Waals surface area contributed by atoms with E-state index in [0.29, 0.717) is 12.2 Å². The van der Waals surface area contributed by atoms with Crippen molar-refractivity contribution in [2.24, 2.45) is 11.8 Å². The van der Waals surface area contributed by atoms with E-state index in [1.807, 2.05) is 0 Å². The van der Waals surface area contributed by atoms with E-state index < -0.39 is 90.1 Å². The van der Waals surface area contributed by atoms with E-state index in [1.165, 1.54) is 19.1 Å². The zero-order valence-electron chi connectivity index (χ0n) is 22.5. The molecule has 0 spiro atoms. The van der Waals surface area contributed by atoms with Crippen molar-refractivity contribution in [3.05, 3.63) is 23.9 Å². The molecule has 0 aromatic heterocycles. The number of nitrogens with one attached hydrogen (secondary N) is 4. The predicted octanol–water partition coefficient (Wildman–Crippen LogP) is 0.109. The first-order chi connectivity index (χ1) is 18.3. The Morgan fingerprint density at radius 3 is 2.26 bits per heavy atom. The molecular formula is C24H36N4O8S3. The van der Waals surface area contributed by atoms with E-state index in [2.05, 4.69) is 21.3 Å². The molecule has 1 saturated heterocycles. The van der Waals surface area contributed by atoms with Crippen molar-refractivity contribution < 1.29 is 37.1 Å². The minimum absolute atomic E-state index is 0.211. The molecule has 2 rings (SSSR count). The van der Waals surface area contributed by atoms with Gasteiger partial charge in [0.25, 0.3) is 5.91 Å². The van der Waals surface area contributed by atoms with Gasteiger partial charge in [0.15, 0.2) is 8.86 Å². The lowest BCUT2D eigenvalue weighted by Crippen LogP contribution is -2.58. The minimum atomic E-state index is -2.04. The van der Waals surface area contributed by atoms with Gasteiger partial charge in [0.2, 0.25) is 17.7 Å². The van der Waals surface area contributed by atoms with Crippen LogP contribution in [0.2, 0.25) is 0 Å². The number of carbonyl (C=O) groups is 5. The maximum atomic E-state index is 13.2. The van der Waals surface area contributed by atoms with Gasteiger partial charge in [-0.1, -0.05) is 39.8 Å². The summed E-state index contributed by atoms with van der Waals surface area (Å²) in [6, 6.07) is -3.63. The first kappa shape index (κ1) is 32.7. The van der Waals surface area contributed by atoms with Crippen molar-refractivity contribution in [2.75, 3.05) is 11.5 Å². The third kappa shape index (κ3) is 9.87. The fourth-order valence-electron chi connectivity index (χ4n) is 3.64. The molecule has 15 heteroatoms. The van der Waals surface area contributed by atoms with Gasteiger partial charge in [0.1, 0.15) is 39.8 Å². The smallest absolute Gasteiger partial charge is 0.329 e. The van der Waals surface area contributed by atoms with Crippen LogP contribution in [0.15, 0.2) is 23.9 Å². The normalized spacial score (nSPS) is 32.4. The standard InChI is InChI=1S/C24H36N4O8S3/c1-6-16-21(30)28-20(14(4)5)24(33)36-15-9-7-8-10-37-39(35)38(34)12-17(22(31)25-16)26-23(32)19(13(2)3)27-18(29)11-15/h6-7,9,13-15,17,19-20H,8,10-12H2,1-5H3,(H,25,31)(H,26,32)(H,27,29)(H,28,30)/b9-7+,16-6-/t15-,17-,19-,20+,38?,39?/m1/s1. The van der Waals surface area contributed by atoms with Crippen molar-refractivity contribution in [1.29, 1.82) is 0 Å². The second-order valence-corrected chi connectivity index (χ2v) is 15.9. The lowest BCUT2D eigenvalue weighted by molar-refractivity contribution is -0.153. The van der Waals surface area contributed by atoms with E-state index in [9.17, 15) is 32.4 Å². The Kier molecular flexibility index (Phi) is 12.8. The third-order valence-electron chi connectivity index (χ3n) is 5.82. The van der Waals surface area contributed by atoms with E-state index >= 15 is 0 Å². The fraction of sp³-hybridized carbons (Fsp3) is 0.625. The Labute approximate surface area is 236 Å². The Balaban J connectivity index is 2.65. The largest absolute Gasteiger partial charge is 0.456 e. The van der Waals surface area contributed by atoms with Crippen LogP contribution in [0.4, 0.5) is 0 Å². The van der Waals surface area contributed by atoms with Crippen molar-refractivity contribution in [1.82, 2.24) is 21.3 Å². The zero-order valence-corrected chi connectivity index (χ0v) is 25.0. The Bertz CT molecular complexity index is 1080. The van der Waals surface area contributed by atoms with Crippen LogP contribution >= 0.6 is 10.8 Å². The summed E-state index contributed by atoms with van der Waals surface area (Å²) >= 11 is 0. The zero-order chi connectivity index (χ0) is 29.3. The van der Waals surface area contributed by atoms with Gasteiger partial charge in [-0.15, -0.1) is 0 Å². The highest BCUT2D eigenvalue weighted by atomic mass is 33.5. The third-order valence-corrected chi connectivity index (χ3v) is 12.0. The first-order valence-corrected chi connectivity index (χ1v) is 17.0. The topological polar surface area (TPSA) is 177 Å². The molecule has 1 fully saturated rings. The first-order valence-electron chi connectivity index (χ1n) is 12.5. The fourth-order valence-corrected chi connectivity index (χ4v) is 8.57. The highest BCUT2D eigenvalue weighted by Gasteiger charge is 2.34.